The average Bonchev–Trinajstić information content (AvgIpc) is 3.07. The highest BCUT2D eigenvalue weighted by molar-refractivity contribution is 7.80. The van der Waals surface area contributed by atoms with Crippen molar-refractivity contribution in [2.75, 3.05) is 30.0 Å². The Kier molecular flexibility index (Phi) is 5.06. The van der Waals surface area contributed by atoms with Gasteiger partial charge in [-0.05, 0) is 43.5 Å². The van der Waals surface area contributed by atoms with Crippen LogP contribution in [0.25, 0.3) is 0 Å². The van der Waals surface area contributed by atoms with Crippen LogP contribution in [0.15, 0.2) is 18.2 Å². The summed E-state index contributed by atoms with van der Waals surface area (Å²) in [6.45, 7) is 3.75. The smallest absolute Gasteiger partial charge is 0.254 e. The number of carbonyl (C=O) groups excluding carboxylic acids is 2. The quantitative estimate of drug-likeness (QED) is 0.659. The number of amides is 2. The Labute approximate surface area is 152 Å². The maximum atomic E-state index is 12.6. The van der Waals surface area contributed by atoms with E-state index in [0.29, 0.717) is 38.3 Å². The molecule has 1 radical (unpaired) electrons. The van der Waals surface area contributed by atoms with Gasteiger partial charge in [-0.2, -0.15) is 0 Å². The van der Waals surface area contributed by atoms with Gasteiger partial charge in [0.15, 0.2) is 0 Å². The molecule has 3 rings (SSSR count). The molecule has 0 bridgehead atoms. The first-order valence-electron chi connectivity index (χ1n) is 8.50. The summed E-state index contributed by atoms with van der Waals surface area (Å²) in [6.07, 6.45) is 2.54. The van der Waals surface area contributed by atoms with Crippen LogP contribution in [-0.2, 0) is 14.3 Å². The Hall–Kier alpha value is -1.99. The number of hydrogen-bond acceptors (Lipinski definition) is 4. The lowest BCUT2D eigenvalue weighted by molar-refractivity contribution is -0.138. The first-order valence-corrected chi connectivity index (χ1v) is 8.91. The van der Waals surface area contributed by atoms with Crippen molar-refractivity contribution in [2.24, 2.45) is 5.41 Å². The second kappa shape index (κ2) is 7.09. The predicted molar refractivity (Wildman–Crippen MR) is 99.6 cm³/mol. The van der Waals surface area contributed by atoms with Crippen molar-refractivity contribution in [3.8, 4) is 0 Å². The van der Waals surface area contributed by atoms with Gasteiger partial charge in [-0.25, -0.2) is 0 Å². The molecule has 0 aromatic heterocycles. The number of nitrogens with one attached hydrogen (secondary N) is 2. The molecule has 2 fully saturated rings. The molecular formula is C18H22N3O3S. The van der Waals surface area contributed by atoms with Crippen LogP contribution < -0.4 is 16.0 Å². The number of rotatable bonds is 4. The number of thiocarbonyl (C=S) groups is 1. The predicted octanol–water partition coefficient (Wildman–Crippen LogP) is 2.47. The highest BCUT2D eigenvalue weighted by Gasteiger charge is 2.47. The van der Waals surface area contributed by atoms with Crippen LogP contribution >= 0.6 is 12.2 Å². The van der Waals surface area contributed by atoms with Gasteiger partial charge in [0.05, 0.1) is 13.2 Å². The second-order valence-electron chi connectivity index (χ2n) is 6.67. The van der Waals surface area contributed by atoms with Crippen LogP contribution in [-0.4, -0.2) is 36.6 Å². The van der Waals surface area contributed by atoms with E-state index in [1.165, 1.54) is 0 Å². The van der Waals surface area contributed by atoms with E-state index in [1.807, 2.05) is 30.0 Å². The molecule has 0 unspecified atom stereocenters. The summed E-state index contributed by atoms with van der Waals surface area (Å²) in [4.78, 5) is 27.2. The van der Waals surface area contributed by atoms with E-state index in [9.17, 15) is 9.59 Å². The zero-order valence-corrected chi connectivity index (χ0v) is 15.1. The Bertz CT molecular complexity index is 714. The first kappa shape index (κ1) is 17.8. The van der Waals surface area contributed by atoms with Gasteiger partial charge in [-0.3, -0.25) is 15.3 Å². The van der Waals surface area contributed by atoms with Crippen molar-refractivity contribution in [1.29, 1.82) is 0 Å². The number of hydrogen-bond donors (Lipinski definition) is 1. The van der Waals surface area contributed by atoms with Gasteiger partial charge in [-0.15, -0.1) is 0 Å². The summed E-state index contributed by atoms with van der Waals surface area (Å²) in [5.74, 6) is -1.14. The number of carbonyl (C=O) groups is 2. The molecule has 2 N–H and O–H groups in total. The summed E-state index contributed by atoms with van der Waals surface area (Å²) in [5.41, 5.74) is 8.96. The molecule has 25 heavy (non-hydrogen) atoms. The van der Waals surface area contributed by atoms with Crippen molar-refractivity contribution < 1.29 is 14.3 Å². The van der Waals surface area contributed by atoms with Crippen LogP contribution in [0.3, 0.4) is 0 Å². The fourth-order valence-corrected chi connectivity index (χ4v) is 3.87. The molecule has 1 saturated carbocycles. The molecule has 133 valence electrons. The van der Waals surface area contributed by atoms with Gasteiger partial charge in [-0.1, -0.05) is 25.1 Å². The van der Waals surface area contributed by atoms with Gasteiger partial charge in [0.25, 0.3) is 5.91 Å². The maximum absolute atomic E-state index is 12.6. The number of ether oxygens (including phenoxy) is 1. The van der Waals surface area contributed by atoms with E-state index in [1.54, 1.807) is 0 Å². The fraction of sp³-hybridized carbons (Fsp3) is 0.500. The minimum Gasteiger partial charge on any atom is -0.372 e. The average molecular weight is 360 g/mol. The molecular weight excluding hydrogens is 338 g/mol. The Balaban J connectivity index is 1.78. The SMILES string of the molecule is Cc1cc(NC(=O)C2(C([NH])=O)CCCC2)ccc1N1CCOCC1=S. The molecule has 1 aromatic rings. The zero-order chi connectivity index (χ0) is 18.0. The van der Waals surface area contributed by atoms with Gasteiger partial charge in [0.1, 0.15) is 10.4 Å². The molecule has 6 nitrogen and oxygen atoms in total. The van der Waals surface area contributed by atoms with E-state index < -0.39 is 11.3 Å². The van der Waals surface area contributed by atoms with Crippen LogP contribution in [0.1, 0.15) is 31.2 Å². The van der Waals surface area contributed by atoms with Crippen LogP contribution in [0, 0.1) is 12.3 Å². The number of benzene rings is 1. The van der Waals surface area contributed by atoms with Crippen molar-refractivity contribution in [3.63, 3.8) is 0 Å². The summed E-state index contributed by atoms with van der Waals surface area (Å²) in [5, 5.41) is 2.83. The van der Waals surface area contributed by atoms with E-state index in [-0.39, 0.29) is 5.91 Å². The normalized spacial score (nSPS) is 19.7. The molecule has 0 atom stereocenters. The third-order valence-corrected chi connectivity index (χ3v) is 5.40. The van der Waals surface area contributed by atoms with Crippen molar-refractivity contribution in [1.82, 2.24) is 5.73 Å². The van der Waals surface area contributed by atoms with Crippen LogP contribution in [0.5, 0.6) is 0 Å². The van der Waals surface area contributed by atoms with Gasteiger partial charge in [0.2, 0.25) is 5.91 Å². The number of aryl methyl sites for hydroxylation is 1. The highest BCUT2D eigenvalue weighted by Crippen LogP contribution is 2.39. The first-order chi connectivity index (χ1) is 11.9. The number of nitrogens with zero attached hydrogens (tertiary/aromatic N) is 1. The molecule has 1 saturated heterocycles. The summed E-state index contributed by atoms with van der Waals surface area (Å²) >= 11 is 5.36. The molecule has 2 aliphatic rings. The molecule has 0 spiro atoms. The standard InChI is InChI=1S/C18H22N3O3S/c1-12-10-13(4-5-14(12)21-8-9-24-11-15(21)25)20-17(23)18(16(19)22)6-2-3-7-18/h4-5,10,19H,2-3,6-9,11H2,1H3,(H,20,23). The Morgan fingerprint density at radius 3 is 2.64 bits per heavy atom. The van der Waals surface area contributed by atoms with E-state index in [0.717, 1.165) is 29.1 Å². The lowest BCUT2D eigenvalue weighted by atomic mass is 9.84. The Morgan fingerprint density at radius 1 is 1.32 bits per heavy atom. The molecule has 1 aliphatic carbocycles. The monoisotopic (exact) mass is 360 g/mol. The number of morpholine rings is 1. The zero-order valence-electron chi connectivity index (χ0n) is 14.3. The molecule has 1 aromatic carbocycles. The largest absolute Gasteiger partial charge is 0.372 e. The summed E-state index contributed by atoms with van der Waals surface area (Å²) < 4.78 is 5.35. The van der Waals surface area contributed by atoms with Gasteiger partial charge >= 0.3 is 0 Å². The summed E-state index contributed by atoms with van der Waals surface area (Å²) in [6, 6.07) is 5.62. The second-order valence-corrected chi connectivity index (χ2v) is 7.14. The van der Waals surface area contributed by atoms with Gasteiger partial charge < -0.3 is 15.0 Å². The molecule has 2 amide bonds. The van der Waals surface area contributed by atoms with Crippen molar-refractivity contribution >= 4 is 40.4 Å². The van der Waals surface area contributed by atoms with Crippen molar-refractivity contribution in [2.45, 2.75) is 32.6 Å². The van der Waals surface area contributed by atoms with E-state index >= 15 is 0 Å². The van der Waals surface area contributed by atoms with Crippen molar-refractivity contribution in [3.05, 3.63) is 23.8 Å². The maximum Gasteiger partial charge on any atom is 0.254 e. The topological polar surface area (TPSA) is 82.4 Å². The van der Waals surface area contributed by atoms with Crippen LogP contribution in [0.2, 0.25) is 0 Å². The Morgan fingerprint density at radius 2 is 2.04 bits per heavy atom. The third kappa shape index (κ3) is 3.39. The summed E-state index contributed by atoms with van der Waals surface area (Å²) in [7, 11) is 0. The van der Waals surface area contributed by atoms with Crippen LogP contribution in [0.4, 0.5) is 11.4 Å². The van der Waals surface area contributed by atoms with E-state index in [4.69, 9.17) is 22.7 Å². The minimum absolute atomic E-state index is 0.362. The lowest BCUT2D eigenvalue weighted by Crippen LogP contribution is -2.42. The molecule has 1 aliphatic heterocycles. The third-order valence-electron chi connectivity index (χ3n) is 5.06. The number of anilines is 2. The molecule has 1 heterocycles. The highest BCUT2D eigenvalue weighted by atomic mass is 32.1. The minimum atomic E-state index is -1.18. The van der Waals surface area contributed by atoms with E-state index in [2.05, 4.69) is 5.32 Å². The molecule has 7 heteroatoms. The fourth-order valence-electron chi connectivity index (χ4n) is 3.60. The lowest BCUT2D eigenvalue weighted by Gasteiger charge is -2.31. The van der Waals surface area contributed by atoms with Gasteiger partial charge in [0, 0.05) is 17.9 Å².